The molecule has 0 amide bonds. The minimum Gasteiger partial charge on any atom is -0.495 e. The molecule has 0 saturated carbocycles. The highest BCUT2D eigenvalue weighted by atomic mass is 35.5. The molecule has 0 saturated heterocycles. The molecule has 0 radical (unpaired) electrons. The number of methoxy groups -OCH3 is 1. The molecule has 0 fully saturated rings. The van der Waals surface area contributed by atoms with E-state index in [4.69, 9.17) is 31.9 Å². The molecule has 19 heavy (non-hydrogen) atoms. The maximum Gasteiger partial charge on any atom is 0.303 e. The van der Waals surface area contributed by atoms with Gasteiger partial charge in [-0.25, -0.2) is 0 Å². The van der Waals surface area contributed by atoms with E-state index in [1.165, 1.54) is 7.11 Å². The van der Waals surface area contributed by atoms with Crippen molar-refractivity contribution in [1.29, 1.82) is 0 Å². The van der Waals surface area contributed by atoms with Gasteiger partial charge in [0.1, 0.15) is 11.5 Å². The normalized spacial score (nSPS) is 12.0. The topological polar surface area (TPSA) is 81.8 Å². The van der Waals surface area contributed by atoms with E-state index in [0.29, 0.717) is 35.1 Å². The summed E-state index contributed by atoms with van der Waals surface area (Å²) in [5, 5.41) is 9.11. The van der Waals surface area contributed by atoms with E-state index in [0.717, 1.165) is 0 Å². The number of hydrogen-bond acceptors (Lipinski definition) is 4. The number of carboxylic acids is 1. The van der Waals surface area contributed by atoms with E-state index in [9.17, 15) is 4.79 Å². The van der Waals surface area contributed by atoms with Crippen molar-refractivity contribution in [2.24, 2.45) is 5.73 Å². The van der Waals surface area contributed by atoms with Gasteiger partial charge in [-0.2, -0.15) is 0 Å². The van der Waals surface area contributed by atoms with E-state index < -0.39 is 12.0 Å². The highest BCUT2D eigenvalue weighted by molar-refractivity contribution is 6.32. The van der Waals surface area contributed by atoms with E-state index >= 15 is 0 Å². The predicted molar refractivity (Wildman–Crippen MR) is 73.0 cm³/mol. The van der Waals surface area contributed by atoms with Crippen LogP contribution >= 0.6 is 11.6 Å². The van der Waals surface area contributed by atoms with Gasteiger partial charge in [0, 0.05) is 24.1 Å². The molecule has 0 aromatic heterocycles. The van der Waals surface area contributed by atoms with E-state index in [-0.39, 0.29) is 6.42 Å². The number of halogens is 1. The molecule has 1 unspecified atom stereocenters. The molecular formula is C13H18ClNO4. The first-order chi connectivity index (χ1) is 8.99. The van der Waals surface area contributed by atoms with Crippen molar-refractivity contribution in [3.05, 3.63) is 22.7 Å². The van der Waals surface area contributed by atoms with Gasteiger partial charge in [0.15, 0.2) is 0 Å². The number of ether oxygens (including phenoxy) is 2. The fourth-order valence-electron chi connectivity index (χ4n) is 1.71. The zero-order valence-electron chi connectivity index (χ0n) is 11.0. The minimum absolute atomic E-state index is 0.00359. The second-order valence-corrected chi connectivity index (χ2v) is 4.40. The van der Waals surface area contributed by atoms with Gasteiger partial charge in [0.25, 0.3) is 0 Å². The molecule has 1 rings (SSSR count). The molecule has 0 aliphatic heterocycles. The van der Waals surface area contributed by atoms with Crippen molar-refractivity contribution in [3.63, 3.8) is 0 Å². The predicted octanol–water partition coefficient (Wildman–Crippen LogP) is 2.61. The molecule has 0 bridgehead atoms. The molecular weight excluding hydrogens is 270 g/mol. The Morgan fingerprint density at radius 1 is 1.47 bits per heavy atom. The number of nitrogens with two attached hydrogens (primary N) is 1. The van der Waals surface area contributed by atoms with Crippen LogP contribution in [0.1, 0.15) is 31.4 Å². The summed E-state index contributed by atoms with van der Waals surface area (Å²) in [5.41, 5.74) is 6.68. The Balaban J connectivity index is 3.02. The Kier molecular flexibility index (Phi) is 5.92. The monoisotopic (exact) mass is 287 g/mol. The third kappa shape index (κ3) is 4.29. The van der Waals surface area contributed by atoms with E-state index in [1.807, 2.05) is 6.92 Å². The molecule has 0 aliphatic carbocycles. The summed E-state index contributed by atoms with van der Waals surface area (Å²) in [6, 6.07) is 2.89. The Morgan fingerprint density at radius 2 is 2.16 bits per heavy atom. The van der Waals surface area contributed by atoms with Crippen molar-refractivity contribution in [1.82, 2.24) is 0 Å². The second kappa shape index (κ2) is 7.21. The van der Waals surface area contributed by atoms with Gasteiger partial charge in [0.2, 0.25) is 0 Å². The van der Waals surface area contributed by atoms with Crippen molar-refractivity contribution in [3.8, 4) is 11.5 Å². The molecule has 3 N–H and O–H groups in total. The van der Waals surface area contributed by atoms with Crippen LogP contribution in [0.15, 0.2) is 12.1 Å². The summed E-state index contributed by atoms with van der Waals surface area (Å²) in [6.07, 6.45) is 0.314. The van der Waals surface area contributed by atoms with Crippen LogP contribution in [0.5, 0.6) is 11.5 Å². The minimum atomic E-state index is -0.881. The van der Waals surface area contributed by atoms with Gasteiger partial charge in [-0.15, -0.1) is 0 Å². The average molecular weight is 288 g/mol. The number of carbonyl (C=O) groups is 1. The SMILES string of the molecule is CCOc1cc(OC)c(Cl)cc1C(N)CCC(=O)O. The summed E-state index contributed by atoms with van der Waals surface area (Å²) in [7, 11) is 1.51. The smallest absolute Gasteiger partial charge is 0.303 e. The Morgan fingerprint density at radius 3 is 2.68 bits per heavy atom. The van der Waals surface area contributed by atoms with Crippen LogP contribution in [0.25, 0.3) is 0 Å². The lowest BCUT2D eigenvalue weighted by Gasteiger charge is -2.18. The summed E-state index contributed by atoms with van der Waals surface area (Å²) >= 11 is 6.06. The number of rotatable bonds is 7. The van der Waals surface area contributed by atoms with Gasteiger partial charge in [-0.1, -0.05) is 11.6 Å². The highest BCUT2D eigenvalue weighted by Gasteiger charge is 2.17. The molecule has 0 spiro atoms. The van der Waals surface area contributed by atoms with Crippen LogP contribution in [-0.4, -0.2) is 24.8 Å². The fraction of sp³-hybridized carbons (Fsp3) is 0.462. The van der Waals surface area contributed by atoms with Crippen LogP contribution in [0.4, 0.5) is 0 Å². The maximum absolute atomic E-state index is 10.6. The summed E-state index contributed by atoms with van der Waals surface area (Å²) in [4.78, 5) is 10.6. The number of aliphatic carboxylic acids is 1. The Bertz CT molecular complexity index is 451. The van der Waals surface area contributed by atoms with Crippen LogP contribution in [-0.2, 0) is 4.79 Å². The Hall–Kier alpha value is -1.46. The maximum atomic E-state index is 10.6. The number of benzene rings is 1. The average Bonchev–Trinajstić information content (AvgIpc) is 2.37. The molecule has 5 nitrogen and oxygen atoms in total. The first-order valence-electron chi connectivity index (χ1n) is 5.97. The number of hydrogen-bond donors (Lipinski definition) is 2. The molecule has 1 atom stereocenters. The lowest BCUT2D eigenvalue weighted by atomic mass is 10.0. The summed E-state index contributed by atoms with van der Waals surface area (Å²) in [5.74, 6) is 0.189. The van der Waals surface area contributed by atoms with Gasteiger partial charge in [0.05, 0.1) is 18.7 Å². The van der Waals surface area contributed by atoms with Gasteiger partial charge in [-0.3, -0.25) is 4.79 Å². The first kappa shape index (κ1) is 15.6. The molecule has 0 heterocycles. The quantitative estimate of drug-likeness (QED) is 0.805. The zero-order valence-corrected chi connectivity index (χ0v) is 11.7. The van der Waals surface area contributed by atoms with Crippen molar-refractivity contribution in [2.75, 3.05) is 13.7 Å². The highest BCUT2D eigenvalue weighted by Crippen LogP contribution is 2.36. The van der Waals surface area contributed by atoms with E-state index in [2.05, 4.69) is 0 Å². The van der Waals surface area contributed by atoms with Crippen LogP contribution in [0, 0.1) is 0 Å². The lowest BCUT2D eigenvalue weighted by molar-refractivity contribution is -0.137. The van der Waals surface area contributed by atoms with Crippen molar-refractivity contribution in [2.45, 2.75) is 25.8 Å². The lowest BCUT2D eigenvalue weighted by Crippen LogP contribution is -2.14. The molecule has 0 aliphatic rings. The van der Waals surface area contributed by atoms with Crippen molar-refractivity contribution < 1.29 is 19.4 Å². The van der Waals surface area contributed by atoms with Crippen LogP contribution in [0.2, 0.25) is 5.02 Å². The first-order valence-corrected chi connectivity index (χ1v) is 6.35. The Labute approximate surface area is 117 Å². The van der Waals surface area contributed by atoms with Gasteiger partial charge in [-0.05, 0) is 19.4 Å². The third-order valence-corrected chi connectivity index (χ3v) is 2.95. The molecule has 6 heteroatoms. The molecule has 1 aromatic carbocycles. The molecule has 1 aromatic rings. The second-order valence-electron chi connectivity index (χ2n) is 4.00. The standard InChI is InChI=1S/C13H18ClNO4/c1-3-19-11-7-12(18-2)9(14)6-8(11)10(15)4-5-13(16)17/h6-7,10H,3-5,15H2,1-2H3,(H,16,17). The third-order valence-electron chi connectivity index (χ3n) is 2.65. The molecule has 106 valence electrons. The number of carboxylic acid groups (broad SMARTS) is 1. The summed E-state index contributed by atoms with van der Waals surface area (Å²) < 4.78 is 10.6. The van der Waals surface area contributed by atoms with Gasteiger partial charge >= 0.3 is 5.97 Å². The van der Waals surface area contributed by atoms with Gasteiger partial charge < -0.3 is 20.3 Å². The van der Waals surface area contributed by atoms with E-state index in [1.54, 1.807) is 12.1 Å². The largest absolute Gasteiger partial charge is 0.495 e. The summed E-state index contributed by atoms with van der Waals surface area (Å²) in [6.45, 7) is 2.33. The van der Waals surface area contributed by atoms with Crippen LogP contribution < -0.4 is 15.2 Å². The fourth-order valence-corrected chi connectivity index (χ4v) is 1.96. The van der Waals surface area contributed by atoms with Crippen LogP contribution in [0.3, 0.4) is 0 Å². The van der Waals surface area contributed by atoms with Crippen molar-refractivity contribution >= 4 is 17.6 Å². The zero-order chi connectivity index (χ0) is 14.4.